The van der Waals surface area contributed by atoms with Gasteiger partial charge < -0.3 is 25.4 Å². The number of halogens is 1. The van der Waals surface area contributed by atoms with Crippen LogP contribution in [0.25, 0.3) is 11.0 Å². The molecule has 0 spiro atoms. The van der Waals surface area contributed by atoms with Crippen LogP contribution in [0.3, 0.4) is 0 Å². The Labute approximate surface area is 192 Å². The Morgan fingerprint density at radius 3 is 2.70 bits per heavy atom. The minimum absolute atomic E-state index is 0.231. The molecule has 174 valence electrons. The molecule has 2 atom stereocenters. The number of carbonyl (C=O) groups is 1. The second-order valence-corrected chi connectivity index (χ2v) is 8.84. The number of benzene rings is 1. The molecule has 2 unspecified atom stereocenters. The van der Waals surface area contributed by atoms with Gasteiger partial charge >= 0.3 is 0 Å². The normalized spacial score (nSPS) is 19.8. The lowest BCUT2D eigenvalue weighted by Gasteiger charge is -2.34. The van der Waals surface area contributed by atoms with E-state index in [4.69, 9.17) is 0 Å². The lowest BCUT2D eigenvalue weighted by atomic mass is 10.1. The molecular weight excluding hydrogens is 421 g/mol. The second-order valence-electron chi connectivity index (χ2n) is 8.84. The number of nitrogens with one attached hydrogen (secondary N) is 3. The number of aromatic nitrogens is 3. The highest BCUT2D eigenvalue weighted by Gasteiger charge is 2.32. The topological polar surface area (TPSA) is 87.1 Å². The number of amides is 1. The van der Waals surface area contributed by atoms with Crippen molar-refractivity contribution in [1.29, 1.82) is 0 Å². The van der Waals surface area contributed by atoms with Gasteiger partial charge in [0.15, 0.2) is 11.3 Å². The van der Waals surface area contributed by atoms with E-state index in [-0.39, 0.29) is 17.4 Å². The van der Waals surface area contributed by atoms with E-state index in [1.807, 2.05) is 35.9 Å². The van der Waals surface area contributed by atoms with Crippen molar-refractivity contribution in [3.63, 3.8) is 0 Å². The van der Waals surface area contributed by atoms with Crippen molar-refractivity contribution in [3.05, 3.63) is 47.5 Å². The fraction of sp³-hybridized carbons (Fsp3) is 0.458. The van der Waals surface area contributed by atoms with Gasteiger partial charge in [0.25, 0.3) is 5.91 Å². The number of hydrogen-bond donors (Lipinski definition) is 3. The lowest BCUT2D eigenvalue weighted by molar-refractivity contribution is 0.0949. The summed E-state index contributed by atoms with van der Waals surface area (Å²) in [6.07, 6.45) is 4.72. The summed E-state index contributed by atoms with van der Waals surface area (Å²) in [5.74, 6) is -0.558. The molecule has 2 aliphatic rings. The Morgan fingerprint density at radius 2 is 2.00 bits per heavy atom. The third-order valence-electron chi connectivity index (χ3n) is 6.79. The fourth-order valence-corrected chi connectivity index (χ4v) is 5.05. The van der Waals surface area contributed by atoms with Crippen molar-refractivity contribution in [2.75, 3.05) is 36.9 Å². The van der Waals surface area contributed by atoms with Crippen LogP contribution in [0.1, 0.15) is 35.8 Å². The van der Waals surface area contributed by atoms with Crippen LogP contribution in [0.5, 0.6) is 0 Å². The Bertz CT molecular complexity index is 1170. The van der Waals surface area contributed by atoms with Crippen LogP contribution < -0.4 is 20.9 Å². The van der Waals surface area contributed by atoms with E-state index in [1.54, 1.807) is 13.1 Å². The summed E-state index contributed by atoms with van der Waals surface area (Å²) in [7, 11) is 1.76. The van der Waals surface area contributed by atoms with Gasteiger partial charge in [-0.15, -0.1) is 10.2 Å². The Hall–Kier alpha value is -3.20. The summed E-state index contributed by atoms with van der Waals surface area (Å²) in [6.45, 7) is 4.96. The molecule has 0 saturated carbocycles. The molecule has 2 bridgehead atoms. The van der Waals surface area contributed by atoms with E-state index in [2.05, 4.69) is 31.0 Å². The number of carbonyl (C=O) groups excluding carboxylic acids is 1. The van der Waals surface area contributed by atoms with Gasteiger partial charge in [-0.05, 0) is 49.9 Å². The minimum Gasteiger partial charge on any atom is -0.386 e. The van der Waals surface area contributed by atoms with Crippen LogP contribution in [0, 0.1) is 5.82 Å². The van der Waals surface area contributed by atoms with E-state index in [0.717, 1.165) is 36.4 Å². The molecule has 2 saturated heterocycles. The van der Waals surface area contributed by atoms with Crippen LogP contribution in [-0.4, -0.2) is 59.4 Å². The van der Waals surface area contributed by atoms with Crippen LogP contribution >= 0.6 is 0 Å². The SMILES string of the molecule is CCn1ccc2c(NC)c(C(=O)NCCc3ccc(N4CC5CCC(C4)N5)cc3F)nnc21. The first-order chi connectivity index (χ1) is 16.1. The smallest absolute Gasteiger partial charge is 0.274 e. The Kier molecular flexibility index (Phi) is 5.88. The molecule has 2 fully saturated rings. The van der Waals surface area contributed by atoms with Gasteiger partial charge in [0.05, 0.1) is 5.69 Å². The summed E-state index contributed by atoms with van der Waals surface area (Å²) in [5.41, 5.74) is 3.14. The summed E-state index contributed by atoms with van der Waals surface area (Å²) in [6, 6.07) is 8.38. The Balaban J connectivity index is 1.23. The zero-order chi connectivity index (χ0) is 22.9. The average molecular weight is 452 g/mol. The van der Waals surface area contributed by atoms with Crippen LogP contribution in [0.4, 0.5) is 15.8 Å². The number of piperazine rings is 1. The monoisotopic (exact) mass is 451 g/mol. The maximum atomic E-state index is 14.8. The molecule has 3 N–H and O–H groups in total. The van der Waals surface area contributed by atoms with E-state index >= 15 is 0 Å². The molecule has 1 amide bonds. The quantitative estimate of drug-likeness (QED) is 0.512. The molecule has 4 heterocycles. The predicted molar refractivity (Wildman–Crippen MR) is 127 cm³/mol. The standard InChI is InChI=1S/C24H30FN7O/c1-3-31-11-9-19-21(26-2)22(29-30-23(19)31)24(33)27-10-8-15-4-7-18(12-20(15)25)32-13-16-5-6-17(14-32)28-16/h4,7,9,11-12,16-17,28H,3,5-6,8,10,13-14H2,1-2H3,(H,26,30)(H,27,33). The van der Waals surface area contributed by atoms with Crippen LogP contribution in [0.15, 0.2) is 30.5 Å². The number of nitrogens with zero attached hydrogens (tertiary/aromatic N) is 4. The molecule has 5 rings (SSSR count). The number of fused-ring (bicyclic) bond motifs is 3. The number of hydrogen-bond acceptors (Lipinski definition) is 6. The number of anilines is 2. The number of rotatable bonds is 7. The zero-order valence-corrected chi connectivity index (χ0v) is 19.1. The highest BCUT2D eigenvalue weighted by atomic mass is 19.1. The van der Waals surface area contributed by atoms with Gasteiger partial charge in [-0.25, -0.2) is 4.39 Å². The highest BCUT2D eigenvalue weighted by molar-refractivity contribution is 6.04. The Morgan fingerprint density at radius 1 is 1.21 bits per heavy atom. The van der Waals surface area contributed by atoms with Gasteiger partial charge in [0, 0.05) is 62.6 Å². The molecule has 2 aliphatic heterocycles. The maximum absolute atomic E-state index is 14.8. The third kappa shape index (κ3) is 4.13. The fourth-order valence-electron chi connectivity index (χ4n) is 5.05. The number of aryl methyl sites for hydroxylation is 1. The van der Waals surface area contributed by atoms with Gasteiger partial charge in [0.1, 0.15) is 5.82 Å². The molecule has 33 heavy (non-hydrogen) atoms. The minimum atomic E-state index is -0.327. The summed E-state index contributed by atoms with van der Waals surface area (Å²) in [4.78, 5) is 15.1. The predicted octanol–water partition coefficient (Wildman–Crippen LogP) is 2.55. The van der Waals surface area contributed by atoms with Gasteiger partial charge in [-0.2, -0.15) is 0 Å². The molecule has 2 aromatic heterocycles. The molecule has 0 radical (unpaired) electrons. The second kappa shape index (κ2) is 8.97. The van der Waals surface area contributed by atoms with E-state index in [9.17, 15) is 9.18 Å². The van der Waals surface area contributed by atoms with Crippen LogP contribution in [-0.2, 0) is 13.0 Å². The molecule has 3 aromatic rings. The van der Waals surface area contributed by atoms with E-state index in [0.29, 0.717) is 36.3 Å². The average Bonchev–Trinajstić information content (AvgIpc) is 3.40. The molecular formula is C24H30FN7O. The van der Waals surface area contributed by atoms with Gasteiger partial charge in [0.2, 0.25) is 0 Å². The summed E-state index contributed by atoms with van der Waals surface area (Å²) >= 11 is 0. The summed E-state index contributed by atoms with van der Waals surface area (Å²) < 4.78 is 16.8. The van der Waals surface area contributed by atoms with Crippen molar-refractivity contribution in [1.82, 2.24) is 25.4 Å². The first kappa shape index (κ1) is 21.6. The van der Waals surface area contributed by atoms with Crippen LogP contribution in [0.2, 0.25) is 0 Å². The van der Waals surface area contributed by atoms with Gasteiger partial charge in [-0.3, -0.25) is 4.79 Å². The zero-order valence-electron chi connectivity index (χ0n) is 19.1. The lowest BCUT2D eigenvalue weighted by Crippen LogP contribution is -2.51. The van der Waals surface area contributed by atoms with E-state index < -0.39 is 0 Å². The molecule has 1 aromatic carbocycles. The van der Waals surface area contributed by atoms with Gasteiger partial charge in [-0.1, -0.05) is 6.07 Å². The first-order valence-corrected chi connectivity index (χ1v) is 11.7. The van der Waals surface area contributed by atoms with E-state index in [1.165, 1.54) is 12.8 Å². The maximum Gasteiger partial charge on any atom is 0.274 e. The highest BCUT2D eigenvalue weighted by Crippen LogP contribution is 2.27. The van der Waals surface area contributed by atoms with Crippen molar-refractivity contribution in [3.8, 4) is 0 Å². The molecule has 8 nitrogen and oxygen atoms in total. The molecule has 0 aliphatic carbocycles. The summed E-state index contributed by atoms with van der Waals surface area (Å²) in [5, 5.41) is 18.8. The first-order valence-electron chi connectivity index (χ1n) is 11.7. The third-order valence-corrected chi connectivity index (χ3v) is 6.79. The van der Waals surface area contributed by atoms with Crippen molar-refractivity contribution < 1.29 is 9.18 Å². The largest absolute Gasteiger partial charge is 0.386 e. The molecule has 9 heteroatoms. The van der Waals surface area contributed by atoms with Crippen molar-refractivity contribution in [2.24, 2.45) is 0 Å². The van der Waals surface area contributed by atoms with Crippen molar-refractivity contribution >= 4 is 28.3 Å². The van der Waals surface area contributed by atoms with Crippen molar-refractivity contribution in [2.45, 2.75) is 44.8 Å².